The van der Waals surface area contributed by atoms with Crippen LogP contribution in [0.5, 0.6) is 0 Å². The molecule has 6 heteroatoms. The van der Waals surface area contributed by atoms with Gasteiger partial charge < -0.3 is 9.84 Å². The van der Waals surface area contributed by atoms with Gasteiger partial charge in [0.25, 0.3) is 0 Å². The molecule has 0 bridgehead atoms. The molecule has 0 aliphatic carbocycles. The molecular formula is C15H19F2N3O. The highest BCUT2D eigenvalue weighted by molar-refractivity contribution is 5.21. The zero-order chi connectivity index (χ0) is 15.4. The van der Waals surface area contributed by atoms with Gasteiger partial charge in [-0.15, -0.1) is 0 Å². The van der Waals surface area contributed by atoms with Gasteiger partial charge in [0.15, 0.2) is 5.82 Å². The first-order valence-corrected chi connectivity index (χ1v) is 7.00. The van der Waals surface area contributed by atoms with Crippen LogP contribution in [-0.2, 0) is 6.42 Å². The van der Waals surface area contributed by atoms with E-state index in [1.807, 2.05) is 20.8 Å². The predicted molar refractivity (Wildman–Crippen MR) is 75.0 cm³/mol. The average molecular weight is 295 g/mol. The van der Waals surface area contributed by atoms with Gasteiger partial charge in [-0.3, -0.25) is 0 Å². The number of hydrogen-bond donors (Lipinski definition) is 1. The molecule has 0 aliphatic rings. The lowest BCUT2D eigenvalue weighted by atomic mass is 10.0. The summed E-state index contributed by atoms with van der Waals surface area (Å²) in [6.45, 7) is 6.92. The molecule has 2 rings (SSSR count). The molecule has 1 aromatic heterocycles. The number of nitrogens with one attached hydrogen (secondary N) is 1. The smallest absolute Gasteiger partial charge is 0.231 e. The van der Waals surface area contributed by atoms with Crippen LogP contribution in [0.15, 0.2) is 22.7 Å². The molecule has 0 aliphatic heterocycles. The van der Waals surface area contributed by atoms with Gasteiger partial charge in [0.1, 0.15) is 11.6 Å². The van der Waals surface area contributed by atoms with E-state index in [-0.39, 0.29) is 18.4 Å². The monoisotopic (exact) mass is 295 g/mol. The van der Waals surface area contributed by atoms with Gasteiger partial charge in [0, 0.05) is 18.5 Å². The second-order valence-electron chi connectivity index (χ2n) is 5.14. The van der Waals surface area contributed by atoms with Crippen molar-refractivity contribution in [2.24, 2.45) is 0 Å². The average Bonchev–Trinajstić information content (AvgIpc) is 2.85. The summed E-state index contributed by atoms with van der Waals surface area (Å²) in [6.07, 6.45) is 0.237. The van der Waals surface area contributed by atoms with Crippen molar-refractivity contribution < 1.29 is 13.3 Å². The van der Waals surface area contributed by atoms with Crippen LogP contribution in [-0.4, -0.2) is 22.7 Å². The standard InChI is InChI=1S/C15H19F2N3O/c1-4-18-10(3)9(2)15-19-14(20-21-15)7-11-5-12(16)8-13(17)6-11/h5-6,8-10,18H,4,7H2,1-3H3. The topological polar surface area (TPSA) is 51.0 Å². The molecule has 2 atom stereocenters. The number of halogens is 2. The van der Waals surface area contributed by atoms with E-state index in [1.165, 1.54) is 12.1 Å². The zero-order valence-electron chi connectivity index (χ0n) is 12.4. The molecule has 1 N–H and O–H groups in total. The van der Waals surface area contributed by atoms with Crippen LogP contribution in [0.3, 0.4) is 0 Å². The summed E-state index contributed by atoms with van der Waals surface area (Å²) < 4.78 is 31.5. The number of hydrogen-bond acceptors (Lipinski definition) is 4. The molecule has 1 heterocycles. The van der Waals surface area contributed by atoms with Crippen molar-refractivity contribution in [3.05, 3.63) is 47.1 Å². The molecule has 2 aromatic rings. The molecule has 114 valence electrons. The van der Waals surface area contributed by atoms with Gasteiger partial charge in [0.05, 0.1) is 5.92 Å². The SMILES string of the molecule is CCNC(C)C(C)c1nc(Cc2cc(F)cc(F)c2)no1. The molecule has 0 spiro atoms. The summed E-state index contributed by atoms with van der Waals surface area (Å²) >= 11 is 0. The molecule has 0 fully saturated rings. The molecule has 0 saturated heterocycles. The van der Waals surface area contributed by atoms with Gasteiger partial charge in [0.2, 0.25) is 5.89 Å². The second kappa shape index (κ2) is 6.76. The number of benzene rings is 1. The Morgan fingerprint density at radius 2 is 1.86 bits per heavy atom. The predicted octanol–water partition coefficient (Wildman–Crippen LogP) is 3.04. The minimum atomic E-state index is -0.608. The lowest BCUT2D eigenvalue weighted by molar-refractivity contribution is 0.330. The Hall–Kier alpha value is -1.82. The van der Waals surface area contributed by atoms with E-state index in [0.29, 0.717) is 17.3 Å². The number of aromatic nitrogens is 2. The fourth-order valence-corrected chi connectivity index (χ4v) is 2.13. The first-order chi connectivity index (χ1) is 9.99. The van der Waals surface area contributed by atoms with Crippen molar-refractivity contribution in [2.75, 3.05) is 6.54 Å². The maximum absolute atomic E-state index is 13.1. The second-order valence-corrected chi connectivity index (χ2v) is 5.14. The summed E-state index contributed by atoms with van der Waals surface area (Å²) in [6, 6.07) is 3.58. The van der Waals surface area contributed by atoms with Crippen molar-refractivity contribution in [3.63, 3.8) is 0 Å². The molecule has 1 aromatic carbocycles. The van der Waals surface area contributed by atoms with Gasteiger partial charge in [-0.05, 0) is 31.2 Å². The van der Waals surface area contributed by atoms with Gasteiger partial charge in [-0.25, -0.2) is 8.78 Å². The maximum atomic E-state index is 13.1. The molecule has 21 heavy (non-hydrogen) atoms. The van der Waals surface area contributed by atoms with E-state index in [9.17, 15) is 8.78 Å². The third kappa shape index (κ3) is 4.07. The maximum Gasteiger partial charge on any atom is 0.231 e. The first kappa shape index (κ1) is 15.6. The Morgan fingerprint density at radius 1 is 1.19 bits per heavy atom. The Kier molecular flexibility index (Phi) is 5.01. The fourth-order valence-electron chi connectivity index (χ4n) is 2.13. The van der Waals surface area contributed by atoms with Gasteiger partial charge in [-0.1, -0.05) is 19.0 Å². The summed E-state index contributed by atoms with van der Waals surface area (Å²) in [4.78, 5) is 4.31. The van der Waals surface area contributed by atoms with Crippen molar-refractivity contribution in [3.8, 4) is 0 Å². The molecular weight excluding hydrogens is 276 g/mol. The lowest BCUT2D eigenvalue weighted by Crippen LogP contribution is -2.30. The highest BCUT2D eigenvalue weighted by Crippen LogP contribution is 2.18. The van der Waals surface area contributed by atoms with E-state index < -0.39 is 11.6 Å². The van der Waals surface area contributed by atoms with Crippen LogP contribution >= 0.6 is 0 Å². The minimum absolute atomic E-state index is 0.0652. The Labute approximate surface area is 122 Å². The summed E-state index contributed by atoms with van der Waals surface area (Å²) in [5.41, 5.74) is 0.479. The molecule has 0 amide bonds. The highest BCUT2D eigenvalue weighted by atomic mass is 19.1. The third-order valence-electron chi connectivity index (χ3n) is 3.43. The molecule has 0 radical (unpaired) electrons. The normalized spacial score (nSPS) is 14.1. The van der Waals surface area contributed by atoms with Crippen LogP contribution in [0.25, 0.3) is 0 Å². The van der Waals surface area contributed by atoms with E-state index >= 15 is 0 Å². The Morgan fingerprint density at radius 3 is 2.48 bits per heavy atom. The summed E-state index contributed by atoms with van der Waals surface area (Å²) in [7, 11) is 0. The van der Waals surface area contributed by atoms with Crippen molar-refractivity contribution in [1.82, 2.24) is 15.5 Å². The van der Waals surface area contributed by atoms with E-state index in [0.717, 1.165) is 12.6 Å². The molecule has 4 nitrogen and oxygen atoms in total. The van der Waals surface area contributed by atoms with Crippen LogP contribution in [0.2, 0.25) is 0 Å². The van der Waals surface area contributed by atoms with Crippen molar-refractivity contribution in [2.45, 2.75) is 39.2 Å². The lowest BCUT2D eigenvalue weighted by Gasteiger charge is -2.16. The number of rotatable bonds is 6. The molecule has 2 unspecified atom stereocenters. The summed E-state index contributed by atoms with van der Waals surface area (Å²) in [5.74, 6) is -0.206. The Balaban J connectivity index is 2.09. The van der Waals surface area contributed by atoms with E-state index in [4.69, 9.17) is 4.52 Å². The van der Waals surface area contributed by atoms with Gasteiger partial charge >= 0.3 is 0 Å². The molecule has 0 saturated carbocycles. The van der Waals surface area contributed by atoms with Crippen molar-refractivity contribution >= 4 is 0 Å². The minimum Gasteiger partial charge on any atom is -0.339 e. The third-order valence-corrected chi connectivity index (χ3v) is 3.43. The number of likely N-dealkylation sites (N-methyl/N-ethyl adjacent to an activating group) is 1. The summed E-state index contributed by atoms with van der Waals surface area (Å²) in [5, 5.41) is 7.17. The van der Waals surface area contributed by atoms with Crippen molar-refractivity contribution in [1.29, 1.82) is 0 Å². The fraction of sp³-hybridized carbons (Fsp3) is 0.467. The first-order valence-electron chi connectivity index (χ1n) is 7.00. The van der Waals surface area contributed by atoms with E-state index in [1.54, 1.807) is 0 Å². The van der Waals surface area contributed by atoms with Gasteiger partial charge in [-0.2, -0.15) is 4.98 Å². The van der Waals surface area contributed by atoms with Crippen LogP contribution in [0.1, 0.15) is 44.0 Å². The zero-order valence-corrected chi connectivity index (χ0v) is 12.4. The quantitative estimate of drug-likeness (QED) is 0.890. The Bertz CT molecular complexity index is 580. The van der Waals surface area contributed by atoms with Crippen LogP contribution in [0.4, 0.5) is 8.78 Å². The highest BCUT2D eigenvalue weighted by Gasteiger charge is 2.20. The van der Waals surface area contributed by atoms with Crippen LogP contribution in [0, 0.1) is 11.6 Å². The van der Waals surface area contributed by atoms with Crippen LogP contribution < -0.4 is 5.32 Å². The van der Waals surface area contributed by atoms with E-state index in [2.05, 4.69) is 15.5 Å². The number of nitrogens with zero attached hydrogens (tertiary/aromatic N) is 2. The largest absolute Gasteiger partial charge is 0.339 e.